The van der Waals surface area contributed by atoms with Crippen LogP contribution in [-0.4, -0.2) is 17.9 Å². The second-order valence-corrected chi connectivity index (χ2v) is 7.76. The molecule has 5 nitrogen and oxygen atoms in total. The van der Waals surface area contributed by atoms with Crippen molar-refractivity contribution in [1.82, 2.24) is 0 Å². The fourth-order valence-electron chi connectivity index (χ4n) is 2.42. The first-order chi connectivity index (χ1) is 12.9. The molecule has 0 fully saturated rings. The summed E-state index contributed by atoms with van der Waals surface area (Å²) >= 11 is 4.66. The lowest BCUT2D eigenvalue weighted by Gasteiger charge is -2.14. The van der Waals surface area contributed by atoms with Gasteiger partial charge in [0.15, 0.2) is 6.10 Å². The van der Waals surface area contributed by atoms with Gasteiger partial charge in [0.05, 0.1) is 5.56 Å². The maximum Gasteiger partial charge on any atom is 0.265 e. The number of rotatable bonds is 6. The number of nitrogens with two attached hydrogens (primary N) is 1. The monoisotopic (exact) mass is 444 g/mol. The summed E-state index contributed by atoms with van der Waals surface area (Å²) in [6.45, 7) is 1.64. The van der Waals surface area contributed by atoms with E-state index in [0.717, 1.165) is 14.9 Å². The molecule has 1 unspecified atom stereocenters. The molecule has 138 valence electrons. The van der Waals surface area contributed by atoms with Crippen LogP contribution in [0.3, 0.4) is 0 Å². The first-order valence-electron chi connectivity index (χ1n) is 8.16. The molecule has 0 aliphatic heterocycles. The van der Waals surface area contributed by atoms with Crippen molar-refractivity contribution in [2.75, 3.05) is 5.32 Å². The molecule has 0 saturated heterocycles. The summed E-state index contributed by atoms with van der Waals surface area (Å²) in [6.07, 6.45) is -0.748. The Hall–Kier alpha value is -2.64. The summed E-state index contributed by atoms with van der Waals surface area (Å²) in [4.78, 5) is 25.2. The molecule has 0 aliphatic rings. The predicted molar refractivity (Wildman–Crippen MR) is 111 cm³/mol. The highest BCUT2D eigenvalue weighted by atomic mass is 79.9. The molecule has 0 saturated carbocycles. The lowest BCUT2D eigenvalue weighted by molar-refractivity contribution is -0.122. The molecule has 1 atom stereocenters. The van der Waals surface area contributed by atoms with Crippen molar-refractivity contribution >= 4 is 44.1 Å². The summed E-state index contributed by atoms with van der Waals surface area (Å²) in [7, 11) is 0. The number of thiophene rings is 1. The van der Waals surface area contributed by atoms with Crippen LogP contribution in [0.1, 0.15) is 17.3 Å². The van der Waals surface area contributed by atoms with Gasteiger partial charge in [-0.3, -0.25) is 9.59 Å². The highest BCUT2D eigenvalue weighted by Crippen LogP contribution is 2.35. The van der Waals surface area contributed by atoms with Crippen molar-refractivity contribution in [3.8, 4) is 16.2 Å². The number of hydrogen-bond acceptors (Lipinski definition) is 4. The number of amides is 2. The van der Waals surface area contributed by atoms with Crippen LogP contribution in [0, 0.1) is 0 Å². The summed E-state index contributed by atoms with van der Waals surface area (Å²) < 4.78 is 6.52. The third-order valence-electron chi connectivity index (χ3n) is 3.77. The normalized spacial score (nSPS) is 11.6. The maximum atomic E-state index is 12.5. The van der Waals surface area contributed by atoms with Crippen LogP contribution in [0.5, 0.6) is 5.75 Å². The zero-order chi connectivity index (χ0) is 19.4. The van der Waals surface area contributed by atoms with Crippen LogP contribution >= 0.6 is 27.3 Å². The average Bonchev–Trinajstić information content (AvgIpc) is 3.06. The van der Waals surface area contributed by atoms with Gasteiger partial charge in [-0.25, -0.2) is 0 Å². The SMILES string of the molecule is CC(Oc1cccc(Br)c1)C(=O)Nc1sc(-c2ccccc2)cc1C(N)=O. The van der Waals surface area contributed by atoms with E-state index in [4.69, 9.17) is 10.5 Å². The third kappa shape index (κ3) is 4.75. The molecule has 2 amide bonds. The molecule has 27 heavy (non-hydrogen) atoms. The molecular weight excluding hydrogens is 428 g/mol. The number of halogens is 1. The van der Waals surface area contributed by atoms with Gasteiger partial charge in [0.25, 0.3) is 11.8 Å². The molecular formula is C20H17BrN2O3S. The van der Waals surface area contributed by atoms with E-state index in [1.165, 1.54) is 11.3 Å². The maximum absolute atomic E-state index is 12.5. The van der Waals surface area contributed by atoms with Crippen molar-refractivity contribution in [3.63, 3.8) is 0 Å². The van der Waals surface area contributed by atoms with Crippen LogP contribution in [0.4, 0.5) is 5.00 Å². The number of carbonyl (C=O) groups excluding carboxylic acids is 2. The van der Waals surface area contributed by atoms with Crippen LogP contribution in [0.25, 0.3) is 10.4 Å². The molecule has 0 spiro atoms. The van der Waals surface area contributed by atoms with Gasteiger partial charge in [-0.15, -0.1) is 11.3 Å². The Morgan fingerprint density at radius 3 is 2.52 bits per heavy atom. The highest BCUT2D eigenvalue weighted by Gasteiger charge is 2.21. The quantitative estimate of drug-likeness (QED) is 0.578. The van der Waals surface area contributed by atoms with Crippen molar-refractivity contribution in [2.45, 2.75) is 13.0 Å². The van der Waals surface area contributed by atoms with E-state index in [-0.39, 0.29) is 11.5 Å². The van der Waals surface area contributed by atoms with E-state index in [1.807, 2.05) is 42.5 Å². The van der Waals surface area contributed by atoms with Gasteiger partial charge < -0.3 is 15.8 Å². The van der Waals surface area contributed by atoms with Crippen LogP contribution in [0.2, 0.25) is 0 Å². The zero-order valence-electron chi connectivity index (χ0n) is 14.4. The molecule has 3 aromatic rings. The van der Waals surface area contributed by atoms with Crippen LogP contribution < -0.4 is 15.8 Å². The van der Waals surface area contributed by atoms with Gasteiger partial charge in [0.1, 0.15) is 10.8 Å². The first kappa shape index (κ1) is 19.1. The average molecular weight is 445 g/mol. The molecule has 0 aliphatic carbocycles. The lowest BCUT2D eigenvalue weighted by Crippen LogP contribution is -2.30. The molecule has 2 aromatic carbocycles. The Bertz CT molecular complexity index is 972. The Morgan fingerprint density at radius 2 is 1.85 bits per heavy atom. The van der Waals surface area contributed by atoms with Crippen molar-refractivity contribution in [3.05, 3.63) is 70.7 Å². The van der Waals surface area contributed by atoms with E-state index >= 15 is 0 Å². The minimum atomic E-state index is -0.748. The molecule has 0 radical (unpaired) electrons. The van der Waals surface area contributed by atoms with Crippen molar-refractivity contribution in [1.29, 1.82) is 0 Å². The number of primary amides is 1. The number of ether oxygens (including phenoxy) is 1. The van der Waals surface area contributed by atoms with Gasteiger partial charge in [0.2, 0.25) is 0 Å². The van der Waals surface area contributed by atoms with E-state index in [2.05, 4.69) is 21.2 Å². The number of carbonyl (C=O) groups is 2. The van der Waals surface area contributed by atoms with Gasteiger partial charge in [-0.05, 0) is 36.8 Å². The molecule has 0 bridgehead atoms. The lowest BCUT2D eigenvalue weighted by atomic mass is 10.1. The Balaban J connectivity index is 1.78. The van der Waals surface area contributed by atoms with Gasteiger partial charge in [0, 0.05) is 9.35 Å². The summed E-state index contributed by atoms with van der Waals surface area (Å²) in [5, 5.41) is 3.17. The Kier molecular flexibility index (Phi) is 5.93. The third-order valence-corrected chi connectivity index (χ3v) is 5.36. The summed E-state index contributed by atoms with van der Waals surface area (Å²) in [5.41, 5.74) is 6.71. The van der Waals surface area contributed by atoms with E-state index in [1.54, 1.807) is 25.1 Å². The van der Waals surface area contributed by atoms with E-state index in [0.29, 0.717) is 10.8 Å². The van der Waals surface area contributed by atoms with Crippen LogP contribution in [0.15, 0.2) is 65.1 Å². The summed E-state index contributed by atoms with van der Waals surface area (Å²) in [5.74, 6) is -0.387. The minimum Gasteiger partial charge on any atom is -0.481 e. The van der Waals surface area contributed by atoms with E-state index < -0.39 is 12.0 Å². The Labute approximate surface area is 169 Å². The van der Waals surface area contributed by atoms with Crippen LogP contribution in [-0.2, 0) is 4.79 Å². The zero-order valence-corrected chi connectivity index (χ0v) is 16.8. The number of benzene rings is 2. The second-order valence-electron chi connectivity index (χ2n) is 5.79. The number of hydrogen-bond donors (Lipinski definition) is 2. The van der Waals surface area contributed by atoms with Crippen molar-refractivity contribution in [2.24, 2.45) is 5.73 Å². The summed E-state index contributed by atoms with van der Waals surface area (Å²) in [6, 6.07) is 18.5. The van der Waals surface area contributed by atoms with Gasteiger partial charge in [-0.1, -0.05) is 52.3 Å². The molecule has 7 heteroatoms. The first-order valence-corrected chi connectivity index (χ1v) is 9.77. The van der Waals surface area contributed by atoms with Gasteiger partial charge in [-0.2, -0.15) is 0 Å². The molecule has 1 heterocycles. The predicted octanol–water partition coefficient (Wildman–Crippen LogP) is 4.68. The standard InChI is InChI=1S/C20H17BrN2O3S/c1-12(26-15-9-5-8-14(21)10-15)19(25)23-20-16(18(22)24)11-17(27-20)13-6-3-2-4-7-13/h2-12H,1H3,(H2,22,24)(H,23,25). The Morgan fingerprint density at radius 1 is 1.11 bits per heavy atom. The smallest absolute Gasteiger partial charge is 0.265 e. The van der Waals surface area contributed by atoms with E-state index in [9.17, 15) is 9.59 Å². The topological polar surface area (TPSA) is 81.4 Å². The fourth-order valence-corrected chi connectivity index (χ4v) is 3.87. The number of nitrogens with one attached hydrogen (secondary N) is 1. The molecule has 1 aromatic heterocycles. The minimum absolute atomic E-state index is 0.279. The number of anilines is 1. The molecule has 3 N–H and O–H groups in total. The van der Waals surface area contributed by atoms with Gasteiger partial charge >= 0.3 is 0 Å². The van der Waals surface area contributed by atoms with Crippen molar-refractivity contribution < 1.29 is 14.3 Å². The molecule has 3 rings (SSSR count). The second kappa shape index (κ2) is 8.37. The highest BCUT2D eigenvalue weighted by molar-refractivity contribution is 9.10. The fraction of sp³-hybridized carbons (Fsp3) is 0.100. The largest absolute Gasteiger partial charge is 0.481 e.